The zero-order valence-corrected chi connectivity index (χ0v) is 17.4. The number of nitrogens with one attached hydrogen (secondary N) is 2. The number of thiazole rings is 1. The number of benzene rings is 2. The van der Waals surface area contributed by atoms with Crippen LogP contribution in [0, 0.1) is 0 Å². The van der Waals surface area contributed by atoms with Crippen LogP contribution in [-0.2, 0) is 17.6 Å². The number of amides is 2. The van der Waals surface area contributed by atoms with E-state index in [4.69, 9.17) is 4.74 Å². The number of hydrogen-bond acceptors (Lipinski definition) is 7. The third-order valence-electron chi connectivity index (χ3n) is 4.51. The maximum absolute atomic E-state index is 11.6. The van der Waals surface area contributed by atoms with Gasteiger partial charge in [-0.15, -0.1) is 11.3 Å². The van der Waals surface area contributed by atoms with Gasteiger partial charge in [-0.05, 0) is 36.2 Å². The Labute approximate surface area is 177 Å². The first-order valence-corrected chi connectivity index (χ1v) is 11.2. The molecular weight excluding hydrogens is 406 g/mol. The van der Waals surface area contributed by atoms with Crippen molar-refractivity contribution in [1.82, 2.24) is 15.6 Å². The molecule has 8 heteroatoms. The summed E-state index contributed by atoms with van der Waals surface area (Å²) in [7, 11) is 0. The van der Waals surface area contributed by atoms with Crippen molar-refractivity contribution in [3.05, 3.63) is 59.1 Å². The van der Waals surface area contributed by atoms with Crippen LogP contribution in [0.25, 0.3) is 10.2 Å². The van der Waals surface area contributed by atoms with Gasteiger partial charge in [-0.2, -0.15) is 0 Å². The molecule has 0 aliphatic carbocycles. The number of carbonyl (C=O) groups is 2. The largest absolute Gasteiger partial charge is 0.492 e. The number of para-hydroxylation sites is 1. The van der Waals surface area contributed by atoms with E-state index in [1.54, 1.807) is 11.3 Å². The van der Waals surface area contributed by atoms with E-state index in [9.17, 15) is 9.59 Å². The summed E-state index contributed by atoms with van der Waals surface area (Å²) in [4.78, 5) is 27.5. The van der Waals surface area contributed by atoms with Crippen LogP contribution in [-0.4, -0.2) is 41.1 Å². The van der Waals surface area contributed by atoms with E-state index in [0.717, 1.165) is 53.1 Å². The Morgan fingerprint density at radius 2 is 1.90 bits per heavy atom. The van der Waals surface area contributed by atoms with Crippen molar-refractivity contribution in [2.75, 3.05) is 19.7 Å². The Morgan fingerprint density at radius 3 is 2.66 bits per heavy atom. The highest BCUT2D eigenvalue weighted by Gasteiger charge is 2.31. The molecule has 0 bridgehead atoms. The van der Waals surface area contributed by atoms with Gasteiger partial charge in [-0.25, -0.2) is 4.98 Å². The molecule has 1 aliphatic rings. The Hall–Kier alpha value is -2.42. The molecule has 2 aromatic carbocycles. The van der Waals surface area contributed by atoms with Crippen LogP contribution in [0.5, 0.6) is 5.75 Å². The molecule has 1 saturated heterocycles. The lowest BCUT2D eigenvalue weighted by Gasteiger charge is -2.09. The van der Waals surface area contributed by atoms with Crippen LogP contribution in [0.15, 0.2) is 48.5 Å². The molecule has 0 saturated carbocycles. The lowest BCUT2D eigenvalue weighted by Crippen LogP contribution is -2.25. The average molecular weight is 428 g/mol. The maximum atomic E-state index is 11.6. The van der Waals surface area contributed by atoms with Gasteiger partial charge in [0.1, 0.15) is 12.4 Å². The standard InChI is InChI=1S/C21H21N3O3S2/c25-20-18(29-21(26)24-20)13-14-5-7-15(8-6-14)27-12-11-22-10-9-19-23-16-3-1-2-4-17(16)28-19/h1-8,18,22H,9-13H2,(H,24,25,26). The summed E-state index contributed by atoms with van der Waals surface area (Å²) >= 11 is 2.79. The van der Waals surface area contributed by atoms with Gasteiger partial charge < -0.3 is 10.1 Å². The van der Waals surface area contributed by atoms with Crippen molar-refractivity contribution in [1.29, 1.82) is 0 Å². The van der Waals surface area contributed by atoms with E-state index < -0.39 is 0 Å². The van der Waals surface area contributed by atoms with Crippen molar-refractivity contribution < 1.29 is 14.3 Å². The molecule has 1 atom stereocenters. The van der Waals surface area contributed by atoms with E-state index in [1.807, 2.05) is 42.5 Å². The fourth-order valence-corrected chi connectivity index (χ4v) is 4.88. The van der Waals surface area contributed by atoms with Crippen molar-refractivity contribution in [3.63, 3.8) is 0 Å². The molecule has 4 rings (SSSR count). The van der Waals surface area contributed by atoms with Gasteiger partial charge in [0, 0.05) is 19.5 Å². The third-order valence-corrected chi connectivity index (χ3v) is 6.59. The SMILES string of the molecule is O=C1NC(=O)C(Cc2ccc(OCCNCCc3nc4ccccc4s3)cc2)S1. The van der Waals surface area contributed by atoms with Crippen LogP contribution in [0.2, 0.25) is 0 Å². The Bertz CT molecular complexity index is 971. The summed E-state index contributed by atoms with van der Waals surface area (Å²) in [5.41, 5.74) is 2.08. The van der Waals surface area contributed by atoms with Crippen molar-refractivity contribution >= 4 is 44.5 Å². The molecule has 150 valence electrons. The second-order valence-corrected chi connectivity index (χ2v) is 8.95. The van der Waals surface area contributed by atoms with Crippen LogP contribution in [0.3, 0.4) is 0 Å². The Morgan fingerprint density at radius 1 is 1.07 bits per heavy atom. The average Bonchev–Trinajstić information content (AvgIpc) is 3.27. The monoisotopic (exact) mass is 427 g/mol. The molecule has 2 heterocycles. The van der Waals surface area contributed by atoms with Gasteiger partial charge >= 0.3 is 0 Å². The fraction of sp³-hybridized carbons (Fsp3) is 0.286. The zero-order valence-electron chi connectivity index (χ0n) is 15.7. The number of aromatic nitrogens is 1. The Balaban J connectivity index is 1.14. The van der Waals surface area contributed by atoms with Crippen LogP contribution >= 0.6 is 23.1 Å². The van der Waals surface area contributed by atoms with Crippen LogP contribution in [0.4, 0.5) is 4.79 Å². The van der Waals surface area contributed by atoms with E-state index in [2.05, 4.69) is 21.7 Å². The number of hydrogen-bond donors (Lipinski definition) is 2. The van der Waals surface area contributed by atoms with Gasteiger partial charge in [-0.3, -0.25) is 14.9 Å². The third kappa shape index (κ3) is 5.35. The van der Waals surface area contributed by atoms with Gasteiger partial charge in [0.2, 0.25) is 5.91 Å². The predicted octanol–water partition coefficient (Wildman–Crippen LogP) is 3.40. The normalized spacial score (nSPS) is 16.3. The van der Waals surface area contributed by atoms with E-state index >= 15 is 0 Å². The molecule has 6 nitrogen and oxygen atoms in total. The number of imide groups is 1. The van der Waals surface area contributed by atoms with Crippen molar-refractivity contribution in [2.45, 2.75) is 18.1 Å². The van der Waals surface area contributed by atoms with Gasteiger partial charge in [0.25, 0.3) is 5.24 Å². The highest BCUT2D eigenvalue weighted by Crippen LogP contribution is 2.24. The lowest BCUT2D eigenvalue weighted by atomic mass is 10.1. The first-order valence-electron chi connectivity index (χ1n) is 9.46. The molecular formula is C21H21N3O3S2. The van der Waals surface area contributed by atoms with E-state index in [-0.39, 0.29) is 16.4 Å². The maximum Gasteiger partial charge on any atom is 0.286 e. The molecule has 1 aromatic heterocycles. The molecule has 1 aliphatic heterocycles. The van der Waals surface area contributed by atoms with Gasteiger partial charge in [-0.1, -0.05) is 36.0 Å². The van der Waals surface area contributed by atoms with Crippen LogP contribution in [0.1, 0.15) is 10.6 Å². The number of fused-ring (bicyclic) bond motifs is 1. The van der Waals surface area contributed by atoms with E-state index in [1.165, 1.54) is 4.70 Å². The quantitative estimate of drug-likeness (QED) is 0.510. The molecule has 2 N–H and O–H groups in total. The topological polar surface area (TPSA) is 80.3 Å². The van der Waals surface area contributed by atoms with Gasteiger partial charge in [0.15, 0.2) is 0 Å². The molecule has 2 amide bonds. The molecule has 1 fully saturated rings. The second-order valence-electron chi connectivity index (χ2n) is 6.66. The van der Waals surface area contributed by atoms with E-state index in [0.29, 0.717) is 13.0 Å². The minimum absolute atomic E-state index is 0.211. The fourth-order valence-electron chi connectivity index (χ4n) is 3.05. The summed E-state index contributed by atoms with van der Waals surface area (Å²) in [6.07, 6.45) is 1.44. The van der Waals surface area contributed by atoms with Crippen LogP contribution < -0.4 is 15.4 Å². The lowest BCUT2D eigenvalue weighted by molar-refractivity contribution is -0.118. The predicted molar refractivity (Wildman–Crippen MR) is 117 cm³/mol. The highest BCUT2D eigenvalue weighted by atomic mass is 32.2. The zero-order chi connectivity index (χ0) is 20.1. The summed E-state index contributed by atoms with van der Waals surface area (Å²) in [5, 5.41) is 6.23. The molecule has 0 spiro atoms. The molecule has 29 heavy (non-hydrogen) atoms. The Kier molecular flexibility index (Phi) is 6.43. The summed E-state index contributed by atoms with van der Waals surface area (Å²) in [6, 6.07) is 15.9. The number of thioether (sulfide) groups is 1. The molecule has 3 aromatic rings. The first kappa shape index (κ1) is 19.9. The second kappa shape index (κ2) is 9.39. The van der Waals surface area contributed by atoms with Crippen molar-refractivity contribution in [3.8, 4) is 5.75 Å². The minimum Gasteiger partial charge on any atom is -0.492 e. The number of nitrogens with zero attached hydrogens (tertiary/aromatic N) is 1. The molecule has 0 radical (unpaired) electrons. The number of rotatable bonds is 9. The van der Waals surface area contributed by atoms with Gasteiger partial charge in [0.05, 0.1) is 20.5 Å². The van der Waals surface area contributed by atoms with Crippen molar-refractivity contribution in [2.24, 2.45) is 0 Å². The number of carbonyl (C=O) groups excluding carboxylic acids is 2. The smallest absolute Gasteiger partial charge is 0.286 e. The summed E-state index contributed by atoms with van der Waals surface area (Å²) in [5.74, 6) is 0.582. The molecule has 1 unspecified atom stereocenters. The summed E-state index contributed by atoms with van der Waals surface area (Å²) < 4.78 is 6.98. The highest BCUT2D eigenvalue weighted by molar-refractivity contribution is 8.15. The first-order chi connectivity index (χ1) is 14.2. The summed E-state index contributed by atoms with van der Waals surface area (Å²) in [6.45, 7) is 2.20. The minimum atomic E-state index is -0.339. The number of ether oxygens (including phenoxy) is 1.